The number of nitrogens with one attached hydrogen (secondary N) is 5. The van der Waals surface area contributed by atoms with Crippen molar-refractivity contribution in [2.75, 3.05) is 43.8 Å². The third-order valence-corrected chi connectivity index (χ3v) is 6.77. The third-order valence-electron chi connectivity index (χ3n) is 6.77. The van der Waals surface area contributed by atoms with Gasteiger partial charge in [0.1, 0.15) is 5.60 Å². The molecule has 55 heavy (non-hydrogen) atoms. The Morgan fingerprint density at radius 3 is 1.51 bits per heavy atom. The van der Waals surface area contributed by atoms with Crippen molar-refractivity contribution in [2.45, 2.75) is 33.3 Å². The molecule has 0 spiro atoms. The molecular formula is C40H44N8O7. The first-order valence-corrected chi connectivity index (χ1v) is 16.6. The molecule has 5 amide bonds. The minimum atomic E-state index is -1.14. The number of para-hydroxylation sites is 1. The summed E-state index contributed by atoms with van der Waals surface area (Å²) in [6, 6.07) is 33.5. The molecule has 0 saturated heterocycles. The number of hydrogen-bond acceptors (Lipinski definition) is 9. The summed E-state index contributed by atoms with van der Waals surface area (Å²) in [5, 5.41) is 21.5. The summed E-state index contributed by atoms with van der Waals surface area (Å²) < 4.78 is 5.17. The van der Waals surface area contributed by atoms with Gasteiger partial charge in [0, 0.05) is 58.0 Å². The Hall–Kier alpha value is -7.55. The Kier molecular flexibility index (Phi) is 15.1. The average molecular weight is 749 g/mol. The number of benzene rings is 5. The number of rotatable bonds is 7. The van der Waals surface area contributed by atoms with Crippen LogP contribution in [0.1, 0.15) is 48.4 Å². The van der Waals surface area contributed by atoms with E-state index in [0.29, 0.717) is 50.9 Å². The van der Waals surface area contributed by atoms with Crippen LogP contribution >= 0.6 is 0 Å². The van der Waals surface area contributed by atoms with E-state index in [0.717, 1.165) is 5.69 Å². The molecule has 0 bridgehead atoms. The van der Waals surface area contributed by atoms with E-state index in [4.69, 9.17) is 27.0 Å². The van der Waals surface area contributed by atoms with E-state index < -0.39 is 17.8 Å². The Bertz CT molecular complexity index is 2080. The molecule has 0 aliphatic rings. The molecule has 0 atom stereocenters. The summed E-state index contributed by atoms with van der Waals surface area (Å²) in [7, 11) is 0. The molecule has 0 aromatic heterocycles. The summed E-state index contributed by atoms with van der Waals surface area (Å²) in [5.74, 6) is -0.646. The Morgan fingerprint density at radius 2 is 1.02 bits per heavy atom. The number of carbonyl (C=O) groups is 5. The topological polar surface area (TPSA) is 253 Å². The number of amides is 5. The van der Waals surface area contributed by atoms with Gasteiger partial charge in [0.25, 0.3) is 11.8 Å². The third kappa shape index (κ3) is 15.7. The SMILES string of the molecule is CC(=O)Nc1ccc(N)cc1.CC(C)(C)OC(=O)Nc1ccc(NC(=O)c2cccc(N)c2)cc1.Nc1ccccc1C(=O)Nc1ccc(NC(=O)O)cc1. The highest BCUT2D eigenvalue weighted by Gasteiger charge is 2.16. The molecule has 0 saturated carbocycles. The van der Waals surface area contributed by atoms with E-state index in [9.17, 15) is 24.0 Å². The molecule has 286 valence electrons. The minimum Gasteiger partial charge on any atom is -0.465 e. The van der Waals surface area contributed by atoms with Gasteiger partial charge in [-0.25, -0.2) is 9.59 Å². The maximum atomic E-state index is 12.1. The van der Waals surface area contributed by atoms with Crippen molar-refractivity contribution in [3.63, 3.8) is 0 Å². The number of nitrogens with two attached hydrogens (primary N) is 3. The number of carboxylic acid groups (broad SMARTS) is 1. The molecule has 0 fully saturated rings. The second-order valence-corrected chi connectivity index (χ2v) is 12.6. The lowest BCUT2D eigenvalue weighted by atomic mass is 10.1. The highest BCUT2D eigenvalue weighted by atomic mass is 16.6. The molecular weight excluding hydrogens is 704 g/mol. The summed E-state index contributed by atoms with van der Waals surface area (Å²) in [4.78, 5) is 56.8. The van der Waals surface area contributed by atoms with Gasteiger partial charge in [-0.05, 0) is 124 Å². The number of hydrogen-bond donors (Lipinski definition) is 9. The van der Waals surface area contributed by atoms with Crippen molar-refractivity contribution in [2.24, 2.45) is 0 Å². The van der Waals surface area contributed by atoms with Gasteiger partial charge in [0.05, 0.1) is 5.56 Å². The highest BCUT2D eigenvalue weighted by Crippen LogP contribution is 2.19. The molecule has 0 unspecified atom stereocenters. The Balaban J connectivity index is 0.000000236. The summed E-state index contributed by atoms with van der Waals surface area (Å²) in [6.07, 6.45) is -1.67. The van der Waals surface area contributed by atoms with Crippen LogP contribution in [0, 0.1) is 0 Å². The standard InChI is InChI=1S/C18H21N3O3.C14H13N3O3.C8H10N2O/c1-18(2,3)24-17(23)21-15-9-7-14(8-10-15)20-16(22)12-5-4-6-13(19)11-12;15-12-4-2-1-3-11(12)13(18)16-9-5-7-10(8-6-9)17-14(19)20;1-6(11)10-8-4-2-7(9)3-5-8/h4-11H,19H2,1-3H3,(H,20,22)(H,21,23);1-8,17H,15H2,(H,16,18)(H,19,20);2-5H,9H2,1H3,(H,10,11). The second kappa shape index (κ2) is 19.9. The fourth-order valence-corrected chi connectivity index (χ4v) is 4.37. The van der Waals surface area contributed by atoms with E-state index in [2.05, 4.69) is 26.6 Å². The van der Waals surface area contributed by atoms with Crippen molar-refractivity contribution in [3.05, 3.63) is 132 Å². The monoisotopic (exact) mass is 748 g/mol. The molecule has 5 rings (SSSR count). The molecule has 15 nitrogen and oxygen atoms in total. The van der Waals surface area contributed by atoms with Crippen molar-refractivity contribution < 1.29 is 33.8 Å². The zero-order chi connectivity index (χ0) is 40.5. The van der Waals surface area contributed by atoms with Crippen LogP contribution in [-0.2, 0) is 9.53 Å². The minimum absolute atomic E-state index is 0.0743. The van der Waals surface area contributed by atoms with E-state index in [1.807, 2.05) is 0 Å². The van der Waals surface area contributed by atoms with E-state index in [1.54, 1.807) is 142 Å². The number of nitrogen functional groups attached to an aromatic ring is 3. The maximum absolute atomic E-state index is 12.1. The van der Waals surface area contributed by atoms with Gasteiger partial charge >= 0.3 is 12.2 Å². The Morgan fingerprint density at radius 1 is 0.545 bits per heavy atom. The average Bonchev–Trinajstić information content (AvgIpc) is 3.10. The quantitative estimate of drug-likeness (QED) is 0.0733. The largest absolute Gasteiger partial charge is 0.465 e. The van der Waals surface area contributed by atoms with E-state index in [-0.39, 0.29) is 17.7 Å². The van der Waals surface area contributed by atoms with Gasteiger partial charge in [-0.3, -0.25) is 25.0 Å². The lowest BCUT2D eigenvalue weighted by molar-refractivity contribution is -0.114. The van der Waals surface area contributed by atoms with Crippen LogP contribution in [0.5, 0.6) is 0 Å². The van der Waals surface area contributed by atoms with Crippen molar-refractivity contribution >= 4 is 75.4 Å². The van der Waals surface area contributed by atoms with Gasteiger partial charge in [-0.1, -0.05) is 18.2 Å². The first-order chi connectivity index (χ1) is 26.0. The molecule has 0 aliphatic carbocycles. The predicted octanol–water partition coefficient (Wildman–Crippen LogP) is 7.71. The molecule has 0 heterocycles. The molecule has 5 aromatic rings. The smallest absolute Gasteiger partial charge is 0.412 e. The first-order valence-electron chi connectivity index (χ1n) is 16.6. The van der Waals surface area contributed by atoms with Crippen LogP contribution in [0.4, 0.5) is 55.1 Å². The number of ether oxygens (including phenoxy) is 1. The van der Waals surface area contributed by atoms with Gasteiger partial charge in [0.2, 0.25) is 5.91 Å². The first kappa shape index (κ1) is 41.9. The summed E-state index contributed by atoms with van der Waals surface area (Å²) >= 11 is 0. The zero-order valence-corrected chi connectivity index (χ0v) is 30.7. The Labute approximate surface area is 318 Å². The molecule has 0 aliphatic heterocycles. The van der Waals surface area contributed by atoms with Crippen molar-refractivity contribution in [1.29, 1.82) is 0 Å². The fourth-order valence-electron chi connectivity index (χ4n) is 4.37. The molecule has 5 aromatic carbocycles. The van der Waals surface area contributed by atoms with Gasteiger partial charge in [-0.15, -0.1) is 0 Å². The predicted molar refractivity (Wildman–Crippen MR) is 217 cm³/mol. The lowest BCUT2D eigenvalue weighted by Crippen LogP contribution is -2.27. The normalized spacial score (nSPS) is 10.1. The van der Waals surface area contributed by atoms with Crippen molar-refractivity contribution in [3.8, 4) is 0 Å². The van der Waals surface area contributed by atoms with E-state index in [1.165, 1.54) is 6.92 Å². The highest BCUT2D eigenvalue weighted by molar-refractivity contribution is 6.08. The van der Waals surface area contributed by atoms with Gasteiger partial charge in [0.15, 0.2) is 0 Å². The van der Waals surface area contributed by atoms with E-state index >= 15 is 0 Å². The molecule has 15 heteroatoms. The van der Waals surface area contributed by atoms with Gasteiger partial charge in [-0.2, -0.15) is 0 Å². The number of carbonyl (C=O) groups excluding carboxylic acids is 4. The number of anilines is 8. The van der Waals surface area contributed by atoms with Crippen LogP contribution < -0.4 is 43.8 Å². The van der Waals surface area contributed by atoms with Crippen LogP contribution in [0.25, 0.3) is 0 Å². The summed E-state index contributed by atoms with van der Waals surface area (Å²) in [6.45, 7) is 6.85. The van der Waals surface area contributed by atoms with Gasteiger partial charge < -0.3 is 43.0 Å². The molecule has 0 radical (unpaired) electrons. The van der Waals surface area contributed by atoms with Crippen LogP contribution in [0.2, 0.25) is 0 Å². The summed E-state index contributed by atoms with van der Waals surface area (Å²) in [5.41, 5.74) is 21.7. The second-order valence-electron chi connectivity index (χ2n) is 12.6. The molecule has 12 N–H and O–H groups in total. The van der Waals surface area contributed by atoms with Crippen molar-refractivity contribution in [1.82, 2.24) is 0 Å². The maximum Gasteiger partial charge on any atom is 0.412 e. The van der Waals surface area contributed by atoms with Crippen LogP contribution in [-0.4, -0.2) is 40.6 Å². The zero-order valence-electron chi connectivity index (χ0n) is 30.7. The fraction of sp³-hybridized carbons (Fsp3) is 0.125. The lowest BCUT2D eigenvalue weighted by Gasteiger charge is -2.19. The van der Waals surface area contributed by atoms with Crippen LogP contribution in [0.15, 0.2) is 121 Å². The van der Waals surface area contributed by atoms with Crippen LogP contribution in [0.3, 0.4) is 0 Å².